The Labute approximate surface area is 100 Å². The molecule has 16 heavy (non-hydrogen) atoms. The van der Waals surface area contributed by atoms with Gasteiger partial charge >= 0.3 is 0 Å². The third-order valence-corrected chi connectivity index (χ3v) is 3.92. The van der Waals surface area contributed by atoms with Crippen LogP contribution in [-0.2, 0) is 0 Å². The highest BCUT2D eigenvalue weighted by Gasteiger charge is 2.24. The average molecular weight is 216 g/mol. The minimum absolute atomic E-state index is 0.650. The van der Waals surface area contributed by atoms with Gasteiger partial charge < -0.3 is 0 Å². The monoisotopic (exact) mass is 216 g/mol. The molecule has 0 bridgehead atoms. The van der Waals surface area contributed by atoms with Crippen LogP contribution < -0.4 is 0 Å². The summed E-state index contributed by atoms with van der Waals surface area (Å²) in [5.74, 6) is 2.17. The molecular formula is C16H24. The lowest BCUT2D eigenvalue weighted by Crippen LogP contribution is -2.13. The summed E-state index contributed by atoms with van der Waals surface area (Å²) in [6, 6.07) is 6.95. The highest BCUT2D eigenvalue weighted by atomic mass is 14.3. The van der Waals surface area contributed by atoms with E-state index in [1.165, 1.54) is 19.3 Å². The molecule has 1 aliphatic rings. The minimum atomic E-state index is 0.650. The van der Waals surface area contributed by atoms with Crippen molar-refractivity contribution in [2.75, 3.05) is 0 Å². The molecule has 0 aromatic heterocycles. The van der Waals surface area contributed by atoms with Crippen molar-refractivity contribution in [3.05, 3.63) is 34.9 Å². The molecule has 0 atom stereocenters. The lowest BCUT2D eigenvalue weighted by Gasteiger charge is -2.31. The minimum Gasteiger partial charge on any atom is -0.0617 e. The number of benzene rings is 1. The lowest BCUT2D eigenvalue weighted by molar-refractivity contribution is 0.415. The van der Waals surface area contributed by atoms with Crippen LogP contribution in [0.15, 0.2) is 18.2 Å². The fraction of sp³-hybridized carbons (Fsp3) is 0.625. The molecule has 0 unspecified atom stereocenters. The second-order valence-electron chi connectivity index (χ2n) is 5.79. The summed E-state index contributed by atoms with van der Waals surface area (Å²) >= 11 is 0. The second kappa shape index (κ2) is 4.61. The van der Waals surface area contributed by atoms with Gasteiger partial charge in [0.15, 0.2) is 0 Å². The fourth-order valence-electron chi connectivity index (χ4n) is 2.85. The standard InChI is InChI=1S/C16H24/c1-11(2)14-9-6-10-15(13-7-5-8-13)16(14)12(3)4/h6,9-13H,5,7-8H2,1-4H3. The van der Waals surface area contributed by atoms with Gasteiger partial charge in [0.2, 0.25) is 0 Å². The summed E-state index contributed by atoms with van der Waals surface area (Å²) in [5.41, 5.74) is 4.86. The van der Waals surface area contributed by atoms with Gasteiger partial charge in [0.05, 0.1) is 0 Å². The predicted molar refractivity (Wildman–Crippen MR) is 71.2 cm³/mol. The molecule has 0 N–H and O–H groups in total. The molecule has 0 nitrogen and oxygen atoms in total. The van der Waals surface area contributed by atoms with Gasteiger partial charge in [0, 0.05) is 0 Å². The first-order valence-electron chi connectivity index (χ1n) is 6.74. The zero-order valence-corrected chi connectivity index (χ0v) is 11.1. The summed E-state index contributed by atoms with van der Waals surface area (Å²) < 4.78 is 0. The molecule has 0 aliphatic heterocycles. The molecule has 1 saturated carbocycles. The molecule has 1 fully saturated rings. The van der Waals surface area contributed by atoms with Crippen LogP contribution in [0.2, 0.25) is 0 Å². The molecule has 1 aromatic rings. The molecule has 0 radical (unpaired) electrons. The van der Waals surface area contributed by atoms with Crippen LogP contribution in [0, 0.1) is 0 Å². The van der Waals surface area contributed by atoms with E-state index < -0.39 is 0 Å². The van der Waals surface area contributed by atoms with E-state index in [1.54, 1.807) is 16.7 Å². The summed E-state index contributed by atoms with van der Waals surface area (Å²) in [7, 11) is 0. The lowest BCUT2D eigenvalue weighted by atomic mass is 9.74. The van der Waals surface area contributed by atoms with E-state index in [0.717, 1.165) is 5.92 Å². The van der Waals surface area contributed by atoms with E-state index in [-0.39, 0.29) is 0 Å². The van der Waals surface area contributed by atoms with E-state index in [0.29, 0.717) is 11.8 Å². The van der Waals surface area contributed by atoms with E-state index >= 15 is 0 Å². The number of hydrogen-bond donors (Lipinski definition) is 0. The second-order valence-corrected chi connectivity index (χ2v) is 5.79. The van der Waals surface area contributed by atoms with Crippen LogP contribution in [0.4, 0.5) is 0 Å². The maximum Gasteiger partial charge on any atom is -0.0159 e. The van der Waals surface area contributed by atoms with Crippen LogP contribution in [0.1, 0.15) is 81.4 Å². The Morgan fingerprint density at radius 2 is 1.69 bits per heavy atom. The van der Waals surface area contributed by atoms with Gasteiger partial charge in [-0.3, -0.25) is 0 Å². The number of rotatable bonds is 3. The third-order valence-electron chi connectivity index (χ3n) is 3.92. The van der Waals surface area contributed by atoms with E-state index in [9.17, 15) is 0 Å². The molecule has 0 spiro atoms. The zero-order chi connectivity index (χ0) is 11.7. The number of hydrogen-bond acceptors (Lipinski definition) is 0. The van der Waals surface area contributed by atoms with Gasteiger partial charge in [-0.2, -0.15) is 0 Å². The smallest absolute Gasteiger partial charge is 0.0159 e. The first-order chi connectivity index (χ1) is 7.61. The predicted octanol–water partition coefficient (Wildman–Crippen LogP) is 5.20. The Morgan fingerprint density at radius 3 is 2.12 bits per heavy atom. The molecule has 2 rings (SSSR count). The molecule has 0 heterocycles. The van der Waals surface area contributed by atoms with Gasteiger partial charge in [-0.1, -0.05) is 52.3 Å². The van der Waals surface area contributed by atoms with Crippen molar-refractivity contribution in [2.45, 2.75) is 64.7 Å². The molecule has 0 saturated heterocycles. The normalized spacial score (nSPS) is 16.9. The van der Waals surface area contributed by atoms with Gasteiger partial charge in [0.25, 0.3) is 0 Å². The van der Waals surface area contributed by atoms with Crippen molar-refractivity contribution < 1.29 is 0 Å². The molecular weight excluding hydrogens is 192 g/mol. The van der Waals surface area contributed by atoms with Gasteiger partial charge in [-0.25, -0.2) is 0 Å². The highest BCUT2D eigenvalue weighted by Crippen LogP contribution is 2.42. The van der Waals surface area contributed by atoms with Crippen LogP contribution >= 0.6 is 0 Å². The first-order valence-corrected chi connectivity index (χ1v) is 6.74. The van der Waals surface area contributed by atoms with E-state index in [1.807, 2.05) is 0 Å². The quantitative estimate of drug-likeness (QED) is 0.651. The third kappa shape index (κ3) is 2.03. The molecule has 0 amide bonds. The van der Waals surface area contributed by atoms with Gasteiger partial charge in [-0.15, -0.1) is 0 Å². The average Bonchev–Trinajstić information content (AvgIpc) is 2.14. The van der Waals surface area contributed by atoms with Crippen LogP contribution in [0.25, 0.3) is 0 Å². The van der Waals surface area contributed by atoms with Gasteiger partial charge in [-0.05, 0) is 47.3 Å². The largest absolute Gasteiger partial charge is 0.0617 e. The van der Waals surface area contributed by atoms with Crippen molar-refractivity contribution >= 4 is 0 Å². The van der Waals surface area contributed by atoms with Gasteiger partial charge in [0.1, 0.15) is 0 Å². The maximum absolute atomic E-state index is 2.37. The van der Waals surface area contributed by atoms with E-state index in [4.69, 9.17) is 0 Å². The van der Waals surface area contributed by atoms with Crippen LogP contribution in [0.3, 0.4) is 0 Å². The topological polar surface area (TPSA) is 0 Å². The van der Waals surface area contributed by atoms with E-state index in [2.05, 4.69) is 45.9 Å². The Morgan fingerprint density at radius 1 is 1.00 bits per heavy atom. The Kier molecular flexibility index (Phi) is 3.37. The first kappa shape index (κ1) is 11.7. The van der Waals surface area contributed by atoms with Crippen LogP contribution in [-0.4, -0.2) is 0 Å². The Balaban J connectivity index is 2.46. The highest BCUT2D eigenvalue weighted by molar-refractivity contribution is 5.42. The van der Waals surface area contributed by atoms with Crippen molar-refractivity contribution in [3.63, 3.8) is 0 Å². The van der Waals surface area contributed by atoms with Crippen LogP contribution in [0.5, 0.6) is 0 Å². The van der Waals surface area contributed by atoms with Crippen molar-refractivity contribution in [1.82, 2.24) is 0 Å². The molecule has 0 heteroatoms. The zero-order valence-electron chi connectivity index (χ0n) is 11.1. The molecule has 88 valence electrons. The molecule has 1 aliphatic carbocycles. The summed E-state index contributed by atoms with van der Waals surface area (Å²) in [4.78, 5) is 0. The van der Waals surface area contributed by atoms with Crippen molar-refractivity contribution in [2.24, 2.45) is 0 Å². The molecule has 1 aromatic carbocycles. The Hall–Kier alpha value is -0.780. The van der Waals surface area contributed by atoms with Crippen molar-refractivity contribution in [1.29, 1.82) is 0 Å². The maximum atomic E-state index is 2.37. The Bertz CT molecular complexity index is 356. The summed E-state index contributed by atoms with van der Waals surface area (Å²) in [6.07, 6.45) is 4.23. The van der Waals surface area contributed by atoms with Crippen molar-refractivity contribution in [3.8, 4) is 0 Å². The fourth-order valence-corrected chi connectivity index (χ4v) is 2.85. The SMILES string of the molecule is CC(C)c1cccc(C2CCC2)c1C(C)C. The summed E-state index contributed by atoms with van der Waals surface area (Å²) in [5, 5.41) is 0. The summed E-state index contributed by atoms with van der Waals surface area (Å²) in [6.45, 7) is 9.30.